The molecule has 0 atom stereocenters. The topological polar surface area (TPSA) is 29.9 Å². The minimum absolute atomic E-state index is 0.558. The van der Waals surface area contributed by atoms with Gasteiger partial charge < -0.3 is 5.32 Å². The van der Waals surface area contributed by atoms with Crippen molar-refractivity contribution in [3.05, 3.63) is 46.8 Å². The second-order valence-corrected chi connectivity index (χ2v) is 6.11. The van der Waals surface area contributed by atoms with Crippen LogP contribution in [-0.4, -0.2) is 22.4 Å². The lowest BCUT2D eigenvalue weighted by Gasteiger charge is -2.08. The summed E-state index contributed by atoms with van der Waals surface area (Å²) in [6.07, 6.45) is 2.24. The average molecular weight is 285 g/mol. The van der Waals surface area contributed by atoms with E-state index >= 15 is 0 Å². The highest BCUT2D eigenvalue weighted by molar-refractivity contribution is 5.39. The van der Waals surface area contributed by atoms with E-state index in [-0.39, 0.29) is 0 Å². The molecule has 114 valence electrons. The minimum Gasteiger partial charge on any atom is -0.315 e. The molecule has 2 aromatic rings. The van der Waals surface area contributed by atoms with Gasteiger partial charge in [0.25, 0.3) is 0 Å². The Balaban J connectivity index is 2.14. The first-order valence-electron chi connectivity index (χ1n) is 7.84. The van der Waals surface area contributed by atoms with Crippen molar-refractivity contribution >= 4 is 0 Å². The quantitative estimate of drug-likeness (QED) is 0.820. The Morgan fingerprint density at radius 2 is 1.95 bits per heavy atom. The molecule has 0 radical (unpaired) electrons. The molecule has 0 aliphatic heterocycles. The van der Waals surface area contributed by atoms with E-state index in [2.05, 4.69) is 68.9 Å². The zero-order valence-corrected chi connectivity index (χ0v) is 13.9. The normalized spacial score (nSPS) is 11.3. The van der Waals surface area contributed by atoms with E-state index < -0.39 is 0 Å². The Kier molecular flexibility index (Phi) is 5.18. The maximum absolute atomic E-state index is 4.73. The van der Waals surface area contributed by atoms with E-state index in [4.69, 9.17) is 5.10 Å². The van der Waals surface area contributed by atoms with Crippen LogP contribution in [0.2, 0.25) is 0 Å². The van der Waals surface area contributed by atoms with E-state index in [1.54, 1.807) is 0 Å². The summed E-state index contributed by atoms with van der Waals surface area (Å²) in [7, 11) is 0. The number of nitrogens with one attached hydrogen (secondary N) is 1. The van der Waals surface area contributed by atoms with Gasteiger partial charge in [0, 0.05) is 11.7 Å². The van der Waals surface area contributed by atoms with Gasteiger partial charge in [-0.3, -0.25) is 0 Å². The van der Waals surface area contributed by atoms with E-state index in [0.29, 0.717) is 6.04 Å². The van der Waals surface area contributed by atoms with Gasteiger partial charge in [-0.05, 0) is 63.4 Å². The molecule has 0 saturated heterocycles. The van der Waals surface area contributed by atoms with Crippen LogP contribution in [0.1, 0.15) is 42.8 Å². The van der Waals surface area contributed by atoms with Crippen molar-refractivity contribution in [2.45, 2.75) is 53.5 Å². The van der Waals surface area contributed by atoms with Crippen molar-refractivity contribution in [1.82, 2.24) is 15.1 Å². The third-order valence-corrected chi connectivity index (χ3v) is 3.84. The standard InChI is InChI=1S/C18H27N3/c1-13(2)19-11-7-10-18-15(4)20-21(16(18)5)17-9-6-8-14(3)12-17/h6,8-9,12-13,19H,7,10-11H2,1-5H3. The number of hydrogen-bond donors (Lipinski definition) is 1. The zero-order chi connectivity index (χ0) is 15.4. The molecule has 3 heteroatoms. The van der Waals surface area contributed by atoms with Gasteiger partial charge in [-0.1, -0.05) is 26.0 Å². The number of benzene rings is 1. The second-order valence-electron chi connectivity index (χ2n) is 6.11. The van der Waals surface area contributed by atoms with Gasteiger partial charge in [0.05, 0.1) is 11.4 Å². The Labute approximate surface area is 128 Å². The summed E-state index contributed by atoms with van der Waals surface area (Å²) in [5.41, 5.74) is 6.23. The van der Waals surface area contributed by atoms with Crippen LogP contribution in [0.25, 0.3) is 5.69 Å². The van der Waals surface area contributed by atoms with Gasteiger partial charge in [-0.15, -0.1) is 0 Å². The van der Waals surface area contributed by atoms with E-state index in [0.717, 1.165) is 30.8 Å². The molecule has 3 nitrogen and oxygen atoms in total. The number of rotatable bonds is 6. The van der Waals surface area contributed by atoms with Crippen molar-refractivity contribution in [2.24, 2.45) is 0 Å². The van der Waals surface area contributed by atoms with Crippen LogP contribution < -0.4 is 5.32 Å². The molecule has 21 heavy (non-hydrogen) atoms. The lowest BCUT2D eigenvalue weighted by molar-refractivity contribution is 0.570. The van der Waals surface area contributed by atoms with Gasteiger partial charge in [0.15, 0.2) is 0 Å². The Hall–Kier alpha value is -1.61. The maximum atomic E-state index is 4.73. The summed E-state index contributed by atoms with van der Waals surface area (Å²) in [4.78, 5) is 0. The highest BCUT2D eigenvalue weighted by Gasteiger charge is 2.12. The second kappa shape index (κ2) is 6.90. The molecule has 0 fully saturated rings. The SMILES string of the molecule is Cc1cccc(-n2nc(C)c(CCCNC(C)C)c2C)c1. The fourth-order valence-corrected chi connectivity index (χ4v) is 2.70. The molecular formula is C18H27N3. The number of aryl methyl sites for hydroxylation is 2. The smallest absolute Gasteiger partial charge is 0.0651 e. The molecule has 0 aliphatic rings. The van der Waals surface area contributed by atoms with Crippen molar-refractivity contribution in [3.8, 4) is 5.69 Å². The van der Waals surface area contributed by atoms with Crippen molar-refractivity contribution in [2.75, 3.05) is 6.54 Å². The monoisotopic (exact) mass is 285 g/mol. The third-order valence-electron chi connectivity index (χ3n) is 3.84. The summed E-state index contributed by atoms with van der Waals surface area (Å²) in [6.45, 7) is 11.8. The van der Waals surface area contributed by atoms with Gasteiger partial charge in [-0.25, -0.2) is 4.68 Å². The summed E-state index contributed by atoms with van der Waals surface area (Å²) in [5, 5.41) is 8.21. The van der Waals surface area contributed by atoms with Crippen LogP contribution >= 0.6 is 0 Å². The highest BCUT2D eigenvalue weighted by Crippen LogP contribution is 2.19. The van der Waals surface area contributed by atoms with Crippen LogP contribution in [-0.2, 0) is 6.42 Å². The first-order chi connectivity index (χ1) is 9.99. The highest BCUT2D eigenvalue weighted by atomic mass is 15.3. The Morgan fingerprint density at radius 3 is 2.62 bits per heavy atom. The van der Waals surface area contributed by atoms with Gasteiger partial charge in [0.1, 0.15) is 0 Å². The minimum atomic E-state index is 0.558. The summed E-state index contributed by atoms with van der Waals surface area (Å²) in [6, 6.07) is 9.07. The molecular weight excluding hydrogens is 258 g/mol. The molecule has 1 heterocycles. The van der Waals surface area contributed by atoms with E-state index in [1.165, 1.54) is 16.8 Å². The summed E-state index contributed by atoms with van der Waals surface area (Å²) >= 11 is 0. The fourth-order valence-electron chi connectivity index (χ4n) is 2.70. The lowest BCUT2D eigenvalue weighted by atomic mass is 10.1. The molecule has 0 aliphatic carbocycles. The first-order valence-corrected chi connectivity index (χ1v) is 7.84. The van der Waals surface area contributed by atoms with Crippen molar-refractivity contribution in [3.63, 3.8) is 0 Å². The van der Waals surface area contributed by atoms with Crippen molar-refractivity contribution in [1.29, 1.82) is 0 Å². The van der Waals surface area contributed by atoms with Crippen LogP contribution in [0.5, 0.6) is 0 Å². The third kappa shape index (κ3) is 3.94. The number of aromatic nitrogens is 2. The van der Waals surface area contributed by atoms with Crippen molar-refractivity contribution < 1.29 is 0 Å². The maximum Gasteiger partial charge on any atom is 0.0651 e. The number of hydrogen-bond acceptors (Lipinski definition) is 2. The van der Waals surface area contributed by atoms with Gasteiger partial charge >= 0.3 is 0 Å². The number of nitrogens with zero attached hydrogens (tertiary/aromatic N) is 2. The van der Waals surface area contributed by atoms with Crippen LogP contribution in [0.15, 0.2) is 24.3 Å². The largest absolute Gasteiger partial charge is 0.315 e. The molecule has 0 saturated carbocycles. The average Bonchev–Trinajstić information content (AvgIpc) is 2.70. The Bertz CT molecular complexity index is 597. The van der Waals surface area contributed by atoms with Crippen LogP contribution in [0, 0.1) is 20.8 Å². The van der Waals surface area contributed by atoms with E-state index in [9.17, 15) is 0 Å². The molecule has 2 rings (SSSR count). The summed E-state index contributed by atoms with van der Waals surface area (Å²) < 4.78 is 2.08. The Morgan fingerprint density at radius 1 is 1.19 bits per heavy atom. The molecule has 1 aromatic heterocycles. The molecule has 0 unspecified atom stereocenters. The molecule has 0 amide bonds. The van der Waals surface area contributed by atoms with Gasteiger partial charge in [-0.2, -0.15) is 5.10 Å². The predicted molar refractivity (Wildman–Crippen MR) is 89.2 cm³/mol. The molecule has 0 spiro atoms. The summed E-state index contributed by atoms with van der Waals surface area (Å²) in [5.74, 6) is 0. The van der Waals surface area contributed by atoms with Crippen LogP contribution in [0.3, 0.4) is 0 Å². The predicted octanol–water partition coefficient (Wildman–Crippen LogP) is 3.73. The fraction of sp³-hybridized carbons (Fsp3) is 0.500. The zero-order valence-electron chi connectivity index (χ0n) is 13.9. The van der Waals surface area contributed by atoms with Gasteiger partial charge in [0.2, 0.25) is 0 Å². The molecule has 0 bridgehead atoms. The first kappa shape index (κ1) is 15.8. The lowest BCUT2D eigenvalue weighted by Crippen LogP contribution is -2.24. The van der Waals surface area contributed by atoms with Crippen LogP contribution in [0.4, 0.5) is 0 Å². The van der Waals surface area contributed by atoms with E-state index in [1.807, 2.05) is 0 Å². The molecule has 1 N–H and O–H groups in total. The molecule has 1 aromatic carbocycles.